The number of nitrogens with two attached hydrogens (primary N) is 1. The number of aromatic nitrogens is 4. The van der Waals surface area contributed by atoms with E-state index in [0.29, 0.717) is 47.5 Å². The van der Waals surface area contributed by atoms with Gasteiger partial charge in [0.05, 0.1) is 16.8 Å². The molecule has 1 aliphatic heterocycles. The van der Waals surface area contributed by atoms with Crippen molar-refractivity contribution in [2.75, 3.05) is 18.8 Å². The van der Waals surface area contributed by atoms with Gasteiger partial charge in [0.1, 0.15) is 11.3 Å². The van der Waals surface area contributed by atoms with Crippen molar-refractivity contribution in [2.45, 2.75) is 12.3 Å². The fourth-order valence-corrected chi connectivity index (χ4v) is 4.21. The van der Waals surface area contributed by atoms with Gasteiger partial charge in [-0.15, -0.1) is 0 Å². The van der Waals surface area contributed by atoms with Crippen molar-refractivity contribution in [1.29, 1.82) is 0 Å². The van der Waals surface area contributed by atoms with Crippen LogP contribution < -0.4 is 16.0 Å². The van der Waals surface area contributed by atoms with Gasteiger partial charge in [0.25, 0.3) is 5.56 Å². The van der Waals surface area contributed by atoms with Crippen LogP contribution in [0.2, 0.25) is 0 Å². The third-order valence-electron chi connectivity index (χ3n) is 5.87. The number of rotatable bonds is 5. The number of carbonyl (C=O) groups excluding carboxylic acids is 1. The highest BCUT2D eigenvalue weighted by Gasteiger charge is 2.31. The van der Waals surface area contributed by atoms with E-state index in [2.05, 4.69) is 16.8 Å². The Hall–Kier alpha value is -4.47. The first-order valence-electron chi connectivity index (χ1n) is 10.7. The molecule has 0 saturated carbocycles. The molecule has 172 valence electrons. The van der Waals surface area contributed by atoms with Crippen LogP contribution >= 0.6 is 0 Å². The number of para-hydroxylation sites is 1. The molecule has 1 saturated heterocycles. The fourth-order valence-electron chi connectivity index (χ4n) is 4.21. The normalized spacial score (nSPS) is 15.6. The fraction of sp³-hybridized carbons (Fsp3) is 0.167. The molecule has 5 rings (SSSR count). The van der Waals surface area contributed by atoms with Gasteiger partial charge in [0.2, 0.25) is 5.91 Å². The lowest BCUT2D eigenvalue weighted by Gasteiger charge is -2.13. The highest BCUT2D eigenvalue weighted by molar-refractivity contribution is 5.91. The zero-order valence-electron chi connectivity index (χ0n) is 18.1. The molecule has 10 heteroatoms. The Bertz CT molecular complexity index is 1460. The summed E-state index contributed by atoms with van der Waals surface area (Å²) in [6, 6.07) is 12.9. The zero-order valence-corrected chi connectivity index (χ0v) is 18.1. The molecule has 0 bridgehead atoms. The van der Waals surface area contributed by atoms with Crippen LogP contribution in [0.5, 0.6) is 11.5 Å². The number of nitrogens with one attached hydrogen (secondary N) is 1. The van der Waals surface area contributed by atoms with E-state index >= 15 is 0 Å². The average molecular weight is 460 g/mol. The van der Waals surface area contributed by atoms with Crippen molar-refractivity contribution in [1.82, 2.24) is 24.9 Å². The predicted octanol–water partition coefficient (Wildman–Crippen LogP) is 3.12. The predicted molar refractivity (Wildman–Crippen MR) is 125 cm³/mol. The second-order valence-corrected chi connectivity index (χ2v) is 7.96. The molecule has 2 aromatic carbocycles. The number of hydrogen-bond acceptors (Lipinski definition) is 6. The molecule has 4 aromatic rings. The lowest BCUT2D eigenvalue weighted by atomic mass is 10.0. The molecule has 0 radical (unpaired) electrons. The van der Waals surface area contributed by atoms with E-state index in [1.165, 1.54) is 18.2 Å². The van der Waals surface area contributed by atoms with Crippen LogP contribution in [0.25, 0.3) is 16.6 Å². The number of nitrogens with zero attached hydrogens (tertiary/aromatic N) is 4. The molecule has 3 N–H and O–H groups in total. The van der Waals surface area contributed by atoms with Crippen molar-refractivity contribution in [3.8, 4) is 17.2 Å². The molecule has 1 fully saturated rings. The minimum atomic E-state index is -0.465. The second kappa shape index (κ2) is 8.47. The van der Waals surface area contributed by atoms with Crippen LogP contribution in [0, 0.1) is 5.82 Å². The maximum Gasteiger partial charge on any atom is 0.275 e. The summed E-state index contributed by atoms with van der Waals surface area (Å²) < 4.78 is 21.1. The summed E-state index contributed by atoms with van der Waals surface area (Å²) in [5.41, 5.74) is 7.29. The Labute approximate surface area is 193 Å². The third-order valence-corrected chi connectivity index (χ3v) is 5.87. The Morgan fingerprint density at radius 3 is 2.74 bits per heavy atom. The average Bonchev–Trinajstić information content (AvgIpc) is 3.49. The number of ether oxygens (including phenoxy) is 1. The summed E-state index contributed by atoms with van der Waals surface area (Å²) in [4.78, 5) is 26.4. The summed E-state index contributed by atoms with van der Waals surface area (Å²) >= 11 is 0. The molecule has 1 atom stereocenters. The summed E-state index contributed by atoms with van der Waals surface area (Å²) in [5, 5.41) is 11.4. The van der Waals surface area contributed by atoms with Crippen LogP contribution in [0.4, 0.5) is 10.2 Å². The summed E-state index contributed by atoms with van der Waals surface area (Å²) in [7, 11) is 0. The second-order valence-electron chi connectivity index (χ2n) is 7.96. The highest BCUT2D eigenvalue weighted by atomic mass is 19.1. The van der Waals surface area contributed by atoms with Crippen LogP contribution in [0.15, 0.2) is 66.0 Å². The number of amides is 1. The molecule has 34 heavy (non-hydrogen) atoms. The number of fused-ring (bicyclic) bond motifs is 1. The number of H-pyrrole nitrogens is 1. The number of hydrogen-bond donors (Lipinski definition) is 2. The van der Waals surface area contributed by atoms with Gasteiger partial charge in [0.15, 0.2) is 17.4 Å². The molecule has 0 aliphatic carbocycles. The number of nitrogen functional groups attached to an aromatic ring is 1. The van der Waals surface area contributed by atoms with Gasteiger partial charge in [-0.3, -0.25) is 9.59 Å². The molecule has 1 amide bonds. The van der Waals surface area contributed by atoms with Crippen molar-refractivity contribution >= 4 is 22.6 Å². The van der Waals surface area contributed by atoms with Gasteiger partial charge in [-0.05, 0) is 48.9 Å². The van der Waals surface area contributed by atoms with Crippen molar-refractivity contribution < 1.29 is 13.9 Å². The van der Waals surface area contributed by atoms with Crippen molar-refractivity contribution in [2.24, 2.45) is 0 Å². The first kappa shape index (κ1) is 21.4. The number of carbonyl (C=O) groups is 1. The van der Waals surface area contributed by atoms with E-state index in [1.807, 2.05) is 0 Å². The molecule has 2 aromatic heterocycles. The van der Waals surface area contributed by atoms with E-state index in [4.69, 9.17) is 15.6 Å². The number of halogens is 1. The number of aromatic amines is 1. The topological polar surface area (TPSA) is 119 Å². The van der Waals surface area contributed by atoms with Gasteiger partial charge >= 0.3 is 0 Å². The lowest BCUT2D eigenvalue weighted by Crippen LogP contribution is -2.26. The smallest absolute Gasteiger partial charge is 0.275 e. The molecule has 9 nitrogen and oxygen atoms in total. The maximum absolute atomic E-state index is 13.9. The number of benzene rings is 2. The molecule has 1 aliphatic rings. The standard InChI is InChI=1S/C24H21FN6O3/c1-2-19(32)30-12-11-14(13-30)21-20-22(23(26)27-28-24(20)33)31(29-21)15-7-9-16(10-8-15)34-18-6-4-3-5-17(18)25/h2-10,14H,1,11-13H2,(H2,26,27)(H,28,33)/t14-/m1/s1. The Morgan fingerprint density at radius 2 is 2.00 bits per heavy atom. The van der Waals surface area contributed by atoms with Crippen molar-refractivity contribution in [3.63, 3.8) is 0 Å². The van der Waals surface area contributed by atoms with E-state index in [1.54, 1.807) is 46.0 Å². The molecule has 0 spiro atoms. The number of anilines is 1. The summed E-state index contributed by atoms with van der Waals surface area (Å²) in [6.45, 7) is 4.51. The molecular weight excluding hydrogens is 439 g/mol. The van der Waals surface area contributed by atoms with Gasteiger partial charge < -0.3 is 15.4 Å². The molecular formula is C24H21FN6O3. The Kier molecular flexibility index (Phi) is 5.33. The first-order chi connectivity index (χ1) is 16.5. The lowest BCUT2D eigenvalue weighted by molar-refractivity contribution is -0.125. The van der Waals surface area contributed by atoms with Crippen LogP contribution in [0.1, 0.15) is 18.0 Å². The van der Waals surface area contributed by atoms with Gasteiger partial charge in [-0.25, -0.2) is 14.2 Å². The van der Waals surface area contributed by atoms with Crippen LogP contribution in [0.3, 0.4) is 0 Å². The van der Waals surface area contributed by atoms with E-state index < -0.39 is 11.4 Å². The Balaban J connectivity index is 1.53. The molecule has 3 heterocycles. The highest BCUT2D eigenvalue weighted by Crippen LogP contribution is 2.33. The minimum absolute atomic E-state index is 0.113. The van der Waals surface area contributed by atoms with Gasteiger partial charge in [-0.1, -0.05) is 18.7 Å². The minimum Gasteiger partial charge on any atom is -0.454 e. The monoisotopic (exact) mass is 460 g/mol. The van der Waals surface area contributed by atoms with E-state index in [9.17, 15) is 14.0 Å². The van der Waals surface area contributed by atoms with Gasteiger partial charge in [0, 0.05) is 19.0 Å². The third kappa shape index (κ3) is 3.68. The summed E-state index contributed by atoms with van der Waals surface area (Å²) in [6.07, 6.45) is 1.93. The van der Waals surface area contributed by atoms with E-state index in [0.717, 1.165) is 0 Å². The number of likely N-dealkylation sites (tertiary alicyclic amines) is 1. The van der Waals surface area contributed by atoms with Crippen LogP contribution in [-0.2, 0) is 4.79 Å². The van der Waals surface area contributed by atoms with Crippen LogP contribution in [-0.4, -0.2) is 43.9 Å². The Morgan fingerprint density at radius 1 is 1.24 bits per heavy atom. The van der Waals surface area contributed by atoms with E-state index in [-0.39, 0.29) is 23.4 Å². The quantitative estimate of drug-likeness (QED) is 0.442. The first-order valence-corrected chi connectivity index (χ1v) is 10.7. The summed E-state index contributed by atoms with van der Waals surface area (Å²) in [5.74, 6) is -0.0956. The van der Waals surface area contributed by atoms with Gasteiger partial charge in [-0.2, -0.15) is 10.2 Å². The molecule has 0 unspecified atom stereocenters. The largest absolute Gasteiger partial charge is 0.454 e. The zero-order chi connectivity index (χ0) is 23.8. The SMILES string of the molecule is C=CC(=O)N1CC[C@@H](c2nn(-c3ccc(Oc4ccccc4F)cc3)c3c(N)n[nH]c(=O)c23)C1. The maximum atomic E-state index is 13.9. The van der Waals surface area contributed by atoms with Crippen molar-refractivity contribution in [3.05, 3.63) is 83.1 Å².